The molecule has 0 aliphatic heterocycles. The average Bonchev–Trinajstić information content (AvgIpc) is 2.18. The van der Waals surface area contributed by atoms with Crippen molar-refractivity contribution in [1.29, 1.82) is 0 Å². The summed E-state index contributed by atoms with van der Waals surface area (Å²) in [5.41, 5.74) is 6.83. The number of methoxy groups -OCH3 is 1. The van der Waals surface area contributed by atoms with Gasteiger partial charge in [0.05, 0.1) is 7.11 Å². The van der Waals surface area contributed by atoms with Crippen LogP contribution in [0.2, 0.25) is 0 Å². The Bertz CT molecular complexity index is 299. The van der Waals surface area contributed by atoms with Crippen LogP contribution in [0.5, 0.6) is 11.5 Å². The summed E-state index contributed by atoms with van der Waals surface area (Å²) in [6, 6.07) is 4.93. The third kappa shape index (κ3) is 2.39. The number of rotatable bonds is 4. The van der Waals surface area contributed by atoms with Crippen molar-refractivity contribution in [2.24, 2.45) is 5.73 Å². The van der Waals surface area contributed by atoms with Crippen molar-refractivity contribution in [2.45, 2.75) is 25.8 Å². The van der Waals surface area contributed by atoms with Gasteiger partial charge in [0.2, 0.25) is 0 Å². The first kappa shape index (κ1) is 10.9. The molecule has 0 aliphatic rings. The van der Waals surface area contributed by atoms with Crippen LogP contribution in [-0.2, 0) is 0 Å². The summed E-state index contributed by atoms with van der Waals surface area (Å²) in [5.74, 6) is 0.969. The Kier molecular flexibility index (Phi) is 3.77. The fraction of sp³-hybridized carbons (Fsp3) is 0.455. The zero-order valence-electron chi connectivity index (χ0n) is 8.66. The zero-order valence-corrected chi connectivity index (χ0v) is 8.66. The molecule has 0 heterocycles. The lowest BCUT2D eigenvalue weighted by Gasteiger charge is -2.15. The van der Waals surface area contributed by atoms with E-state index in [0.29, 0.717) is 0 Å². The largest absolute Gasteiger partial charge is 0.508 e. The predicted octanol–water partition coefficient (Wildman–Crippen LogP) is 2.20. The number of benzene rings is 1. The fourth-order valence-electron chi connectivity index (χ4n) is 1.48. The van der Waals surface area contributed by atoms with Gasteiger partial charge < -0.3 is 15.6 Å². The Morgan fingerprint density at radius 2 is 2.21 bits per heavy atom. The lowest BCUT2D eigenvalue weighted by molar-refractivity contribution is 0.400. The first-order chi connectivity index (χ1) is 6.69. The molecule has 0 radical (unpaired) electrons. The highest BCUT2D eigenvalue weighted by molar-refractivity contribution is 5.41. The van der Waals surface area contributed by atoms with Gasteiger partial charge in [0, 0.05) is 11.6 Å². The van der Waals surface area contributed by atoms with Crippen molar-refractivity contribution in [2.75, 3.05) is 7.11 Å². The summed E-state index contributed by atoms with van der Waals surface area (Å²) >= 11 is 0. The maximum atomic E-state index is 9.34. The van der Waals surface area contributed by atoms with Crippen LogP contribution < -0.4 is 10.5 Å². The molecule has 78 valence electrons. The Balaban J connectivity index is 2.97. The second-order valence-corrected chi connectivity index (χ2v) is 3.32. The molecule has 1 aromatic carbocycles. The van der Waals surface area contributed by atoms with Crippen molar-refractivity contribution in [3.05, 3.63) is 23.8 Å². The van der Waals surface area contributed by atoms with E-state index in [2.05, 4.69) is 6.92 Å². The molecular formula is C11H17NO2. The molecule has 0 amide bonds. The van der Waals surface area contributed by atoms with Crippen LogP contribution in [0.25, 0.3) is 0 Å². The van der Waals surface area contributed by atoms with Crippen LogP contribution in [0, 0.1) is 0 Å². The number of phenols is 1. The molecule has 3 heteroatoms. The minimum atomic E-state index is -0.0675. The van der Waals surface area contributed by atoms with Crippen molar-refractivity contribution in [3.8, 4) is 11.5 Å². The molecule has 0 saturated heterocycles. The highest BCUT2D eigenvalue weighted by atomic mass is 16.5. The first-order valence-corrected chi connectivity index (χ1v) is 4.81. The van der Waals surface area contributed by atoms with Crippen molar-refractivity contribution in [1.82, 2.24) is 0 Å². The molecule has 0 saturated carbocycles. The molecule has 3 N–H and O–H groups in total. The van der Waals surface area contributed by atoms with E-state index in [1.165, 1.54) is 0 Å². The van der Waals surface area contributed by atoms with Gasteiger partial charge in [-0.2, -0.15) is 0 Å². The molecule has 3 nitrogen and oxygen atoms in total. The maximum Gasteiger partial charge on any atom is 0.123 e. The highest BCUT2D eigenvalue weighted by Crippen LogP contribution is 2.29. The van der Waals surface area contributed by atoms with E-state index in [4.69, 9.17) is 10.5 Å². The number of aromatic hydroxyl groups is 1. The average molecular weight is 195 g/mol. The minimum Gasteiger partial charge on any atom is -0.508 e. The third-order valence-electron chi connectivity index (χ3n) is 2.21. The van der Waals surface area contributed by atoms with Crippen LogP contribution in [0.3, 0.4) is 0 Å². The monoisotopic (exact) mass is 195 g/mol. The van der Waals surface area contributed by atoms with E-state index in [-0.39, 0.29) is 11.8 Å². The van der Waals surface area contributed by atoms with Crippen LogP contribution in [-0.4, -0.2) is 12.2 Å². The van der Waals surface area contributed by atoms with Gasteiger partial charge in [-0.1, -0.05) is 13.3 Å². The standard InChI is InChI=1S/C11H17NO2/c1-3-4-10(12)9-7-8(13)5-6-11(9)14-2/h5-7,10,13H,3-4,12H2,1-2H3. The van der Waals surface area contributed by atoms with Crippen LogP contribution in [0.15, 0.2) is 18.2 Å². The molecule has 0 fully saturated rings. The van der Waals surface area contributed by atoms with Crippen LogP contribution in [0.4, 0.5) is 0 Å². The Labute approximate surface area is 84.5 Å². The summed E-state index contributed by atoms with van der Waals surface area (Å²) in [5, 5.41) is 9.34. The van der Waals surface area contributed by atoms with E-state index >= 15 is 0 Å². The summed E-state index contributed by atoms with van der Waals surface area (Å²) in [7, 11) is 1.61. The van der Waals surface area contributed by atoms with Gasteiger partial charge in [-0.3, -0.25) is 0 Å². The number of nitrogens with two attached hydrogens (primary N) is 1. The van der Waals surface area contributed by atoms with E-state index < -0.39 is 0 Å². The molecule has 1 aromatic rings. The van der Waals surface area contributed by atoms with E-state index in [0.717, 1.165) is 24.2 Å². The summed E-state index contributed by atoms with van der Waals surface area (Å²) < 4.78 is 5.18. The van der Waals surface area contributed by atoms with Gasteiger partial charge in [-0.15, -0.1) is 0 Å². The lowest BCUT2D eigenvalue weighted by Crippen LogP contribution is -2.10. The van der Waals surface area contributed by atoms with E-state index in [1.807, 2.05) is 0 Å². The van der Waals surface area contributed by atoms with E-state index in [9.17, 15) is 5.11 Å². The van der Waals surface area contributed by atoms with Gasteiger partial charge in [0.15, 0.2) is 0 Å². The minimum absolute atomic E-state index is 0.0675. The quantitative estimate of drug-likeness (QED) is 0.774. The molecule has 14 heavy (non-hydrogen) atoms. The van der Waals surface area contributed by atoms with E-state index in [1.54, 1.807) is 25.3 Å². The molecular weight excluding hydrogens is 178 g/mol. The number of hydrogen-bond acceptors (Lipinski definition) is 3. The zero-order chi connectivity index (χ0) is 10.6. The molecule has 0 aromatic heterocycles. The maximum absolute atomic E-state index is 9.34. The predicted molar refractivity (Wildman–Crippen MR) is 56.5 cm³/mol. The topological polar surface area (TPSA) is 55.5 Å². The summed E-state index contributed by atoms with van der Waals surface area (Å²) in [6.07, 6.45) is 1.90. The molecule has 1 rings (SSSR count). The summed E-state index contributed by atoms with van der Waals surface area (Å²) in [4.78, 5) is 0. The summed E-state index contributed by atoms with van der Waals surface area (Å²) in [6.45, 7) is 2.08. The Morgan fingerprint density at radius 3 is 2.79 bits per heavy atom. The van der Waals surface area contributed by atoms with Gasteiger partial charge >= 0.3 is 0 Å². The number of hydrogen-bond donors (Lipinski definition) is 2. The molecule has 0 spiro atoms. The molecule has 0 bridgehead atoms. The first-order valence-electron chi connectivity index (χ1n) is 4.81. The molecule has 1 unspecified atom stereocenters. The normalized spacial score (nSPS) is 12.5. The van der Waals surface area contributed by atoms with Crippen LogP contribution >= 0.6 is 0 Å². The number of phenolic OH excluding ortho intramolecular Hbond substituents is 1. The lowest BCUT2D eigenvalue weighted by atomic mass is 10.0. The van der Waals surface area contributed by atoms with Crippen molar-refractivity contribution >= 4 is 0 Å². The fourth-order valence-corrected chi connectivity index (χ4v) is 1.48. The van der Waals surface area contributed by atoms with Crippen LogP contribution in [0.1, 0.15) is 31.4 Å². The molecule has 1 atom stereocenters. The highest BCUT2D eigenvalue weighted by Gasteiger charge is 2.11. The third-order valence-corrected chi connectivity index (χ3v) is 2.21. The second-order valence-electron chi connectivity index (χ2n) is 3.32. The second kappa shape index (κ2) is 4.86. The Hall–Kier alpha value is -1.22. The SMILES string of the molecule is CCCC(N)c1cc(O)ccc1OC. The van der Waals surface area contributed by atoms with Gasteiger partial charge in [0.1, 0.15) is 11.5 Å². The van der Waals surface area contributed by atoms with Crippen molar-refractivity contribution in [3.63, 3.8) is 0 Å². The smallest absolute Gasteiger partial charge is 0.123 e. The van der Waals surface area contributed by atoms with Crippen molar-refractivity contribution < 1.29 is 9.84 Å². The van der Waals surface area contributed by atoms with Gasteiger partial charge in [-0.05, 0) is 24.6 Å². The molecule has 0 aliphatic carbocycles. The van der Waals surface area contributed by atoms with Gasteiger partial charge in [0.25, 0.3) is 0 Å². The number of ether oxygens (including phenoxy) is 1. The van der Waals surface area contributed by atoms with Gasteiger partial charge in [-0.25, -0.2) is 0 Å². The Morgan fingerprint density at radius 1 is 1.50 bits per heavy atom.